The van der Waals surface area contributed by atoms with Crippen LogP contribution >= 0.6 is 0 Å². The van der Waals surface area contributed by atoms with Gasteiger partial charge in [-0.15, -0.1) is 0 Å². The lowest BCUT2D eigenvalue weighted by Gasteiger charge is -2.36. The van der Waals surface area contributed by atoms with Crippen LogP contribution in [0.15, 0.2) is 47.4 Å². The molecule has 1 heterocycles. The fourth-order valence-corrected chi connectivity index (χ4v) is 5.65. The second kappa shape index (κ2) is 9.50. The van der Waals surface area contributed by atoms with Crippen molar-refractivity contribution in [2.24, 2.45) is 0 Å². The van der Waals surface area contributed by atoms with Gasteiger partial charge in [-0.3, -0.25) is 4.90 Å². The van der Waals surface area contributed by atoms with Gasteiger partial charge < -0.3 is 4.90 Å². The van der Waals surface area contributed by atoms with Crippen molar-refractivity contribution in [3.63, 3.8) is 0 Å². The van der Waals surface area contributed by atoms with Crippen LogP contribution in [-0.2, 0) is 22.9 Å². The van der Waals surface area contributed by atoms with E-state index in [4.69, 9.17) is 0 Å². The molecule has 6 heteroatoms. The van der Waals surface area contributed by atoms with Gasteiger partial charge in [0.05, 0.1) is 4.90 Å². The molecule has 0 unspecified atom stereocenters. The van der Waals surface area contributed by atoms with Crippen molar-refractivity contribution < 1.29 is 8.42 Å². The van der Waals surface area contributed by atoms with E-state index < -0.39 is 10.0 Å². The van der Waals surface area contributed by atoms with Crippen LogP contribution < -0.4 is 9.62 Å². The van der Waals surface area contributed by atoms with Crippen molar-refractivity contribution in [1.82, 2.24) is 9.62 Å². The molecule has 1 N–H and O–H groups in total. The summed E-state index contributed by atoms with van der Waals surface area (Å²) in [6.07, 6.45) is 5.25. The van der Waals surface area contributed by atoms with Crippen LogP contribution in [0.25, 0.3) is 0 Å². The highest BCUT2D eigenvalue weighted by Crippen LogP contribution is 2.24. The summed E-state index contributed by atoms with van der Waals surface area (Å²) in [5, 5.41) is 0. The van der Waals surface area contributed by atoms with Crippen molar-refractivity contribution in [1.29, 1.82) is 0 Å². The average molecular weight is 428 g/mol. The predicted octanol–water partition coefficient (Wildman–Crippen LogP) is 3.36. The summed E-state index contributed by atoms with van der Waals surface area (Å²) in [6, 6.07) is 14.3. The summed E-state index contributed by atoms with van der Waals surface area (Å²) >= 11 is 0. The first kappa shape index (κ1) is 21.3. The summed E-state index contributed by atoms with van der Waals surface area (Å²) in [4.78, 5) is 5.27. The van der Waals surface area contributed by atoms with Crippen LogP contribution in [0.4, 0.5) is 5.69 Å². The number of aryl methyl sites for hydroxylation is 3. The molecule has 0 amide bonds. The van der Waals surface area contributed by atoms with Crippen LogP contribution in [-0.4, -0.2) is 52.6 Å². The summed E-state index contributed by atoms with van der Waals surface area (Å²) in [5.74, 6) is 0. The minimum absolute atomic E-state index is 0.412. The first-order chi connectivity index (χ1) is 14.5. The van der Waals surface area contributed by atoms with Gasteiger partial charge in [0.15, 0.2) is 0 Å². The number of nitrogens with zero attached hydrogens (tertiary/aromatic N) is 2. The summed E-state index contributed by atoms with van der Waals surface area (Å²) < 4.78 is 28.1. The Labute approximate surface area is 181 Å². The number of anilines is 1. The molecule has 0 atom stereocenters. The van der Waals surface area contributed by atoms with Gasteiger partial charge in [-0.2, -0.15) is 0 Å². The highest BCUT2D eigenvalue weighted by molar-refractivity contribution is 7.89. The fraction of sp³-hybridized carbons (Fsp3) is 0.500. The first-order valence-electron chi connectivity index (χ1n) is 11.2. The van der Waals surface area contributed by atoms with Gasteiger partial charge in [0.2, 0.25) is 10.0 Å². The molecule has 0 saturated carbocycles. The third-order valence-corrected chi connectivity index (χ3v) is 7.77. The third-order valence-electron chi connectivity index (χ3n) is 6.31. The largest absolute Gasteiger partial charge is 0.369 e. The molecule has 0 radical (unpaired) electrons. The number of nitrogens with one attached hydrogen (secondary N) is 1. The molecule has 0 bridgehead atoms. The highest BCUT2D eigenvalue weighted by Gasteiger charge is 2.19. The quantitative estimate of drug-likeness (QED) is 0.689. The van der Waals surface area contributed by atoms with Gasteiger partial charge >= 0.3 is 0 Å². The topological polar surface area (TPSA) is 52.6 Å². The molecular formula is C24H33N3O2S. The normalized spacial score (nSPS) is 17.7. The van der Waals surface area contributed by atoms with E-state index in [2.05, 4.69) is 45.7 Å². The Hall–Kier alpha value is -1.89. The molecule has 0 spiro atoms. The van der Waals surface area contributed by atoms with Crippen LogP contribution in [0.1, 0.15) is 36.0 Å². The Balaban J connectivity index is 1.22. The number of hydrogen-bond donors (Lipinski definition) is 1. The number of sulfonamides is 1. The molecule has 1 fully saturated rings. The zero-order valence-corrected chi connectivity index (χ0v) is 18.8. The van der Waals surface area contributed by atoms with Gasteiger partial charge in [-0.05, 0) is 86.5 Å². The third kappa shape index (κ3) is 5.23. The Morgan fingerprint density at radius 3 is 2.47 bits per heavy atom. The number of fused-ring (bicyclic) bond motifs is 1. The van der Waals surface area contributed by atoms with Gasteiger partial charge in [0, 0.05) is 38.4 Å². The van der Waals surface area contributed by atoms with E-state index in [0.717, 1.165) is 58.4 Å². The van der Waals surface area contributed by atoms with Crippen LogP contribution in [0.2, 0.25) is 0 Å². The Morgan fingerprint density at radius 1 is 0.933 bits per heavy atom. The van der Waals surface area contributed by atoms with E-state index >= 15 is 0 Å². The Morgan fingerprint density at radius 2 is 1.70 bits per heavy atom. The van der Waals surface area contributed by atoms with Gasteiger partial charge in [0.25, 0.3) is 0 Å². The second-order valence-corrected chi connectivity index (χ2v) is 10.3. The monoisotopic (exact) mass is 427 g/mol. The maximum atomic E-state index is 12.7. The molecule has 162 valence electrons. The maximum absolute atomic E-state index is 12.7. The van der Waals surface area contributed by atoms with Crippen LogP contribution in [0.5, 0.6) is 0 Å². The van der Waals surface area contributed by atoms with E-state index in [1.807, 2.05) is 12.1 Å². The number of hydrogen-bond acceptors (Lipinski definition) is 4. The molecule has 1 aliphatic heterocycles. The number of piperazine rings is 1. The lowest BCUT2D eigenvalue weighted by atomic mass is 9.92. The lowest BCUT2D eigenvalue weighted by Crippen LogP contribution is -2.47. The fourth-order valence-electron chi connectivity index (χ4n) is 4.52. The minimum atomic E-state index is -3.42. The molecule has 5 nitrogen and oxygen atoms in total. The maximum Gasteiger partial charge on any atom is 0.240 e. The van der Waals surface area contributed by atoms with Gasteiger partial charge in [-0.25, -0.2) is 13.1 Å². The van der Waals surface area contributed by atoms with Crippen molar-refractivity contribution in [3.8, 4) is 0 Å². The van der Waals surface area contributed by atoms with E-state index in [9.17, 15) is 8.42 Å². The Bertz CT molecular complexity index is 966. The van der Waals surface area contributed by atoms with E-state index in [1.54, 1.807) is 6.07 Å². The summed E-state index contributed by atoms with van der Waals surface area (Å²) in [6.45, 7) is 7.61. The molecule has 4 rings (SSSR count). The van der Waals surface area contributed by atoms with Crippen molar-refractivity contribution >= 4 is 15.7 Å². The zero-order chi connectivity index (χ0) is 21.0. The Kier molecular flexibility index (Phi) is 6.76. The molecule has 2 aliphatic rings. The first-order valence-corrected chi connectivity index (χ1v) is 12.6. The molecule has 30 heavy (non-hydrogen) atoms. The predicted molar refractivity (Wildman–Crippen MR) is 123 cm³/mol. The number of benzene rings is 2. The summed E-state index contributed by atoms with van der Waals surface area (Å²) in [7, 11) is -3.42. The molecule has 1 aliphatic carbocycles. The van der Waals surface area contributed by atoms with E-state index in [1.165, 1.54) is 28.8 Å². The smallest absolute Gasteiger partial charge is 0.240 e. The molecule has 2 aromatic carbocycles. The molecular weight excluding hydrogens is 394 g/mol. The molecule has 2 aromatic rings. The number of rotatable bonds is 7. The minimum Gasteiger partial charge on any atom is -0.369 e. The lowest BCUT2D eigenvalue weighted by molar-refractivity contribution is 0.255. The molecule has 1 saturated heterocycles. The van der Waals surface area contributed by atoms with Gasteiger partial charge in [0.1, 0.15) is 0 Å². The van der Waals surface area contributed by atoms with E-state index in [0.29, 0.717) is 11.4 Å². The van der Waals surface area contributed by atoms with Crippen molar-refractivity contribution in [3.05, 3.63) is 59.2 Å². The molecule has 0 aromatic heterocycles. The van der Waals surface area contributed by atoms with Crippen molar-refractivity contribution in [2.45, 2.75) is 43.9 Å². The standard InChI is InChI=1S/C24H33N3O2S/c1-20-6-4-9-23(18-20)27-16-14-26(15-17-27)13-5-12-25-30(28,29)24-11-10-21-7-2-3-8-22(21)19-24/h4,6,9-11,18-19,25H,2-3,5,7-8,12-17H2,1H3. The average Bonchev–Trinajstić information content (AvgIpc) is 2.77. The van der Waals surface area contributed by atoms with Crippen LogP contribution in [0.3, 0.4) is 0 Å². The van der Waals surface area contributed by atoms with E-state index in [-0.39, 0.29) is 0 Å². The SMILES string of the molecule is Cc1cccc(N2CCN(CCCNS(=O)(=O)c3ccc4c(c3)CCCC4)CC2)c1. The second-order valence-electron chi connectivity index (χ2n) is 8.56. The highest BCUT2D eigenvalue weighted by atomic mass is 32.2. The summed E-state index contributed by atoms with van der Waals surface area (Å²) in [5.41, 5.74) is 5.11. The van der Waals surface area contributed by atoms with Gasteiger partial charge in [-0.1, -0.05) is 18.2 Å². The van der Waals surface area contributed by atoms with Crippen molar-refractivity contribution in [2.75, 3.05) is 44.2 Å². The zero-order valence-electron chi connectivity index (χ0n) is 17.9. The van der Waals surface area contributed by atoms with Crippen LogP contribution in [0, 0.1) is 6.92 Å².